The highest BCUT2D eigenvalue weighted by Gasteiger charge is 2.09. The van der Waals surface area contributed by atoms with Crippen molar-refractivity contribution >= 4 is 17.7 Å². The molecule has 4 heteroatoms. The number of rotatable bonds is 4. The lowest BCUT2D eigenvalue weighted by molar-refractivity contribution is -0.139. The molecule has 0 saturated carbocycles. The molecule has 0 amide bonds. The molecule has 0 radical (unpaired) electrons. The smallest absolute Gasteiger partial charge is 0.309 e. The first-order valence-electron chi connectivity index (χ1n) is 6.58. The van der Waals surface area contributed by atoms with Crippen LogP contribution in [0.15, 0.2) is 30.3 Å². The lowest BCUT2D eigenvalue weighted by Crippen LogP contribution is -2.43. The Morgan fingerprint density at radius 1 is 1.32 bits per heavy atom. The van der Waals surface area contributed by atoms with E-state index in [-0.39, 0.29) is 5.97 Å². The van der Waals surface area contributed by atoms with Gasteiger partial charge in [0.1, 0.15) is 0 Å². The maximum absolute atomic E-state index is 11.0. The van der Waals surface area contributed by atoms with Crippen LogP contribution < -0.4 is 10.2 Å². The van der Waals surface area contributed by atoms with Crippen molar-refractivity contribution in [1.82, 2.24) is 5.32 Å². The van der Waals surface area contributed by atoms with Crippen LogP contribution in [0.25, 0.3) is 6.08 Å². The number of ether oxygens (including phenoxy) is 1. The third-order valence-corrected chi connectivity index (χ3v) is 3.20. The van der Waals surface area contributed by atoms with Crippen molar-refractivity contribution in [2.45, 2.75) is 6.42 Å². The van der Waals surface area contributed by atoms with Crippen LogP contribution in [0.1, 0.15) is 12.0 Å². The predicted octanol–water partition coefficient (Wildman–Crippen LogP) is 1.67. The first-order chi connectivity index (χ1) is 9.29. The second kappa shape index (κ2) is 6.95. The van der Waals surface area contributed by atoms with Crippen molar-refractivity contribution in [3.8, 4) is 0 Å². The number of nitrogens with one attached hydrogen (secondary N) is 1. The van der Waals surface area contributed by atoms with Crippen LogP contribution in [0, 0.1) is 0 Å². The van der Waals surface area contributed by atoms with Crippen LogP contribution in [-0.2, 0) is 9.53 Å². The highest BCUT2D eigenvalue weighted by Crippen LogP contribution is 2.16. The van der Waals surface area contributed by atoms with Crippen molar-refractivity contribution in [2.75, 3.05) is 38.2 Å². The molecule has 102 valence electrons. The SMILES string of the molecule is COC(=O)CC=Cc1ccc(N2CCNCC2)cc1. The summed E-state index contributed by atoms with van der Waals surface area (Å²) in [7, 11) is 1.40. The van der Waals surface area contributed by atoms with Crippen LogP contribution in [-0.4, -0.2) is 39.3 Å². The van der Waals surface area contributed by atoms with Crippen molar-refractivity contribution in [2.24, 2.45) is 0 Å². The second-order valence-corrected chi connectivity index (χ2v) is 4.51. The van der Waals surface area contributed by atoms with Crippen molar-refractivity contribution in [3.05, 3.63) is 35.9 Å². The summed E-state index contributed by atoms with van der Waals surface area (Å²) in [5, 5.41) is 3.34. The highest BCUT2D eigenvalue weighted by atomic mass is 16.5. The van der Waals surface area contributed by atoms with Crippen LogP contribution >= 0.6 is 0 Å². The molecule has 0 unspecified atom stereocenters. The third kappa shape index (κ3) is 4.10. The van der Waals surface area contributed by atoms with Gasteiger partial charge in [0, 0.05) is 31.9 Å². The monoisotopic (exact) mass is 260 g/mol. The minimum Gasteiger partial charge on any atom is -0.469 e. The number of hydrogen-bond acceptors (Lipinski definition) is 4. The standard InChI is InChI=1S/C15H20N2O2/c1-19-15(18)4-2-3-13-5-7-14(8-6-13)17-11-9-16-10-12-17/h2-3,5-8,16H,4,9-12H2,1H3. The lowest BCUT2D eigenvalue weighted by atomic mass is 10.1. The fraction of sp³-hybridized carbons (Fsp3) is 0.400. The van der Waals surface area contributed by atoms with Gasteiger partial charge < -0.3 is 15.0 Å². The van der Waals surface area contributed by atoms with E-state index in [0.717, 1.165) is 31.7 Å². The summed E-state index contributed by atoms with van der Waals surface area (Å²) in [4.78, 5) is 13.4. The van der Waals surface area contributed by atoms with Gasteiger partial charge in [-0.1, -0.05) is 24.3 Å². The van der Waals surface area contributed by atoms with Gasteiger partial charge in [0.05, 0.1) is 13.5 Å². The fourth-order valence-corrected chi connectivity index (χ4v) is 2.09. The van der Waals surface area contributed by atoms with Gasteiger partial charge in [0.25, 0.3) is 0 Å². The zero-order valence-corrected chi connectivity index (χ0v) is 11.3. The maximum atomic E-state index is 11.0. The van der Waals surface area contributed by atoms with Gasteiger partial charge in [0.2, 0.25) is 0 Å². The van der Waals surface area contributed by atoms with Crippen LogP contribution in [0.2, 0.25) is 0 Å². The first-order valence-corrected chi connectivity index (χ1v) is 6.58. The summed E-state index contributed by atoms with van der Waals surface area (Å²) in [6.45, 7) is 4.19. The average Bonchev–Trinajstić information content (AvgIpc) is 2.48. The molecule has 0 atom stereocenters. The van der Waals surface area contributed by atoms with Crippen LogP contribution in [0.5, 0.6) is 0 Å². The van der Waals surface area contributed by atoms with Gasteiger partial charge in [-0.05, 0) is 17.7 Å². The summed E-state index contributed by atoms with van der Waals surface area (Å²) in [5.41, 5.74) is 2.36. The van der Waals surface area contributed by atoms with Gasteiger partial charge in [0.15, 0.2) is 0 Å². The van der Waals surface area contributed by atoms with E-state index >= 15 is 0 Å². The molecule has 4 nitrogen and oxygen atoms in total. The molecule has 1 N–H and O–H groups in total. The largest absolute Gasteiger partial charge is 0.469 e. The molecule has 1 saturated heterocycles. The summed E-state index contributed by atoms with van der Waals surface area (Å²) in [6, 6.07) is 8.41. The number of esters is 1. The van der Waals surface area contributed by atoms with Gasteiger partial charge in [-0.25, -0.2) is 0 Å². The Hall–Kier alpha value is -1.81. The Balaban J connectivity index is 1.92. The Morgan fingerprint density at radius 2 is 2.00 bits per heavy atom. The molecule has 1 fully saturated rings. The topological polar surface area (TPSA) is 41.6 Å². The lowest BCUT2D eigenvalue weighted by Gasteiger charge is -2.29. The summed E-state index contributed by atoms with van der Waals surface area (Å²) >= 11 is 0. The molecule has 1 aliphatic rings. The van der Waals surface area contributed by atoms with Crippen molar-refractivity contribution in [1.29, 1.82) is 0 Å². The van der Waals surface area contributed by atoms with E-state index in [0.29, 0.717) is 6.42 Å². The zero-order valence-electron chi connectivity index (χ0n) is 11.3. The minimum absolute atomic E-state index is 0.214. The van der Waals surface area contributed by atoms with Gasteiger partial charge in [-0.2, -0.15) is 0 Å². The number of anilines is 1. The molecule has 1 aliphatic heterocycles. The van der Waals surface area contributed by atoms with Crippen molar-refractivity contribution in [3.63, 3.8) is 0 Å². The predicted molar refractivity (Wildman–Crippen MR) is 77.2 cm³/mol. The Labute approximate surface area is 114 Å². The van der Waals surface area contributed by atoms with Crippen LogP contribution in [0.3, 0.4) is 0 Å². The van der Waals surface area contributed by atoms with Crippen LogP contribution in [0.4, 0.5) is 5.69 Å². The summed E-state index contributed by atoms with van der Waals surface area (Å²) in [6.07, 6.45) is 4.08. The number of piperazine rings is 1. The minimum atomic E-state index is -0.214. The number of methoxy groups -OCH3 is 1. The molecule has 0 aromatic heterocycles. The van der Waals surface area contributed by atoms with E-state index in [9.17, 15) is 4.79 Å². The Bertz CT molecular complexity index is 434. The zero-order chi connectivity index (χ0) is 13.5. The van der Waals surface area contributed by atoms with E-state index in [4.69, 9.17) is 0 Å². The molecule has 0 bridgehead atoms. The van der Waals surface area contributed by atoms with E-state index in [1.807, 2.05) is 12.2 Å². The fourth-order valence-electron chi connectivity index (χ4n) is 2.09. The third-order valence-electron chi connectivity index (χ3n) is 3.20. The molecule has 1 aromatic rings. The van der Waals surface area contributed by atoms with Gasteiger partial charge in [-0.15, -0.1) is 0 Å². The maximum Gasteiger partial charge on any atom is 0.309 e. The molecule has 1 heterocycles. The number of carbonyl (C=O) groups excluding carboxylic acids is 1. The van der Waals surface area contributed by atoms with E-state index in [2.05, 4.69) is 39.2 Å². The van der Waals surface area contributed by atoms with Crippen molar-refractivity contribution < 1.29 is 9.53 Å². The Kier molecular flexibility index (Phi) is 4.98. The molecular formula is C15H20N2O2. The van der Waals surface area contributed by atoms with E-state index < -0.39 is 0 Å². The van der Waals surface area contributed by atoms with Gasteiger partial charge >= 0.3 is 5.97 Å². The Morgan fingerprint density at radius 3 is 2.63 bits per heavy atom. The van der Waals surface area contributed by atoms with Gasteiger partial charge in [-0.3, -0.25) is 4.79 Å². The first kappa shape index (κ1) is 13.6. The quantitative estimate of drug-likeness (QED) is 0.836. The van der Waals surface area contributed by atoms with E-state index in [1.165, 1.54) is 12.8 Å². The summed E-state index contributed by atoms with van der Waals surface area (Å²) in [5.74, 6) is -0.214. The molecule has 1 aromatic carbocycles. The number of benzene rings is 1. The normalized spacial score (nSPS) is 15.7. The molecule has 0 spiro atoms. The number of carbonyl (C=O) groups is 1. The van der Waals surface area contributed by atoms with E-state index in [1.54, 1.807) is 0 Å². The highest BCUT2D eigenvalue weighted by molar-refractivity contribution is 5.72. The number of nitrogens with zero attached hydrogens (tertiary/aromatic N) is 1. The summed E-state index contributed by atoms with van der Waals surface area (Å²) < 4.78 is 4.58. The molecular weight excluding hydrogens is 240 g/mol. The number of hydrogen-bond donors (Lipinski definition) is 1. The second-order valence-electron chi connectivity index (χ2n) is 4.51. The molecule has 19 heavy (non-hydrogen) atoms. The molecule has 0 aliphatic carbocycles. The molecule has 2 rings (SSSR count). The average molecular weight is 260 g/mol.